The molecule has 58 heavy (non-hydrogen) atoms. The van der Waals surface area contributed by atoms with E-state index >= 15 is 9.18 Å². The molecule has 5 amide bonds. The summed E-state index contributed by atoms with van der Waals surface area (Å²) in [6.45, 7) is 7.44. The number of halogens is 3. The smallest absolute Gasteiger partial charge is 0.408 e. The Hall–Kier alpha value is -4.35. The number of carboxylic acid groups (broad SMARTS) is 1. The van der Waals surface area contributed by atoms with Crippen molar-refractivity contribution in [2.45, 2.75) is 139 Å². The molecule has 8 atom stereocenters. The second kappa shape index (κ2) is 15.4. The number of amides is 5. The monoisotopic (exact) mass is 837 g/mol. The molecule has 3 fully saturated rings. The summed E-state index contributed by atoms with van der Waals surface area (Å²) in [6.07, 6.45) is 3.54. The van der Waals surface area contributed by atoms with Crippen molar-refractivity contribution in [2.24, 2.45) is 23.7 Å². The summed E-state index contributed by atoms with van der Waals surface area (Å²) >= 11 is 0. The Morgan fingerprint density at radius 3 is 2.43 bits per heavy atom. The highest BCUT2D eigenvalue weighted by molar-refractivity contribution is 7.91. The molecule has 6 rings (SSSR count). The summed E-state index contributed by atoms with van der Waals surface area (Å²) in [4.78, 5) is 72.0. The van der Waals surface area contributed by atoms with Crippen LogP contribution in [0.4, 0.5) is 22.8 Å². The van der Waals surface area contributed by atoms with Crippen molar-refractivity contribution in [3.05, 3.63) is 47.3 Å². The van der Waals surface area contributed by atoms with Crippen LogP contribution in [0.25, 0.3) is 0 Å². The molecule has 4 N–H and O–H groups in total. The van der Waals surface area contributed by atoms with Gasteiger partial charge in [0, 0.05) is 30.9 Å². The Bertz CT molecular complexity index is 1990. The van der Waals surface area contributed by atoms with E-state index in [0.717, 1.165) is 18.7 Å². The van der Waals surface area contributed by atoms with Crippen molar-refractivity contribution in [3.63, 3.8) is 0 Å². The van der Waals surface area contributed by atoms with E-state index in [1.54, 1.807) is 19.1 Å². The van der Waals surface area contributed by atoms with Crippen LogP contribution in [0, 0.1) is 29.5 Å². The van der Waals surface area contributed by atoms with Crippen molar-refractivity contribution in [1.82, 2.24) is 25.2 Å². The zero-order valence-electron chi connectivity index (χ0n) is 33.6. The number of alkyl carbamates (subject to hydrolysis) is 1. The number of rotatable bonds is 8. The third-order valence-corrected chi connectivity index (χ3v) is 15.3. The Morgan fingerprint density at radius 2 is 1.81 bits per heavy atom. The van der Waals surface area contributed by atoms with Crippen LogP contribution in [0.3, 0.4) is 0 Å². The lowest BCUT2D eigenvalue weighted by Crippen LogP contribution is -2.60. The lowest BCUT2D eigenvalue weighted by atomic mass is 9.85. The molecule has 2 aliphatic carbocycles. The maximum absolute atomic E-state index is 15.1. The quantitative estimate of drug-likeness (QED) is 0.249. The number of hydrogen-bond acceptors (Lipinski definition) is 8. The van der Waals surface area contributed by atoms with Gasteiger partial charge >= 0.3 is 12.2 Å². The summed E-state index contributed by atoms with van der Waals surface area (Å²) in [5, 5.41) is 15.6. The molecule has 3 heterocycles. The first-order chi connectivity index (χ1) is 26.9. The molecular weight excluding hydrogens is 784 g/mol. The van der Waals surface area contributed by atoms with Gasteiger partial charge in [-0.2, -0.15) is 0 Å². The number of allylic oxidation sites excluding steroid dienone is 1. The topological polar surface area (TPSA) is 192 Å². The van der Waals surface area contributed by atoms with Crippen molar-refractivity contribution in [3.8, 4) is 0 Å². The SMILES string of the molecule is CC[C@@H]1C[C@H](C)CC/C=C\[C@@H]2C[C@@]2(C(=O)NS(=O)(=O)C2(C)CC2)NC(=O)[C@@H]2C[C@@H](C3c4cccc(F)c4CN3C(=O)O)CN2C(=O)[C@H]1NC(=O)OC(C)(C)C(C)(F)F. The van der Waals surface area contributed by atoms with Crippen LogP contribution in [0.15, 0.2) is 30.4 Å². The van der Waals surface area contributed by atoms with Gasteiger partial charge in [-0.25, -0.2) is 31.2 Å². The van der Waals surface area contributed by atoms with Crippen LogP contribution in [0.5, 0.6) is 0 Å². The second-order valence-corrected chi connectivity index (χ2v) is 19.9. The van der Waals surface area contributed by atoms with E-state index in [1.165, 1.54) is 24.0 Å². The van der Waals surface area contributed by atoms with Crippen LogP contribution < -0.4 is 15.4 Å². The first-order valence-corrected chi connectivity index (χ1v) is 21.4. The number of benzene rings is 1. The number of carbonyl (C=O) groups excluding carboxylic acids is 4. The normalized spacial score (nSPS) is 31.7. The Balaban J connectivity index is 1.41. The van der Waals surface area contributed by atoms with Gasteiger partial charge in [0.15, 0.2) is 5.60 Å². The first kappa shape index (κ1) is 43.2. The molecule has 18 heteroatoms. The predicted octanol–water partition coefficient (Wildman–Crippen LogP) is 5.38. The van der Waals surface area contributed by atoms with Crippen molar-refractivity contribution < 1.29 is 55.4 Å². The first-order valence-electron chi connectivity index (χ1n) is 20.0. The maximum Gasteiger partial charge on any atom is 0.408 e. The maximum atomic E-state index is 15.1. The van der Waals surface area contributed by atoms with Gasteiger partial charge in [0.25, 0.3) is 11.8 Å². The molecule has 0 radical (unpaired) electrons. The van der Waals surface area contributed by atoms with Crippen molar-refractivity contribution in [2.75, 3.05) is 6.54 Å². The minimum Gasteiger partial charge on any atom is -0.465 e. The van der Waals surface area contributed by atoms with Crippen LogP contribution in [-0.4, -0.2) is 93.7 Å². The Morgan fingerprint density at radius 1 is 1.12 bits per heavy atom. The molecule has 0 spiro atoms. The van der Waals surface area contributed by atoms with E-state index in [9.17, 15) is 41.5 Å². The molecule has 1 aromatic rings. The summed E-state index contributed by atoms with van der Waals surface area (Å²) < 4.78 is 76.7. The van der Waals surface area contributed by atoms with Crippen LogP contribution in [0.2, 0.25) is 0 Å². The lowest BCUT2D eigenvalue weighted by Gasteiger charge is -2.36. The van der Waals surface area contributed by atoms with E-state index in [-0.39, 0.29) is 37.4 Å². The fraction of sp³-hybridized carbons (Fsp3) is 0.675. The zero-order chi connectivity index (χ0) is 42.7. The van der Waals surface area contributed by atoms with Gasteiger partial charge in [-0.1, -0.05) is 44.6 Å². The van der Waals surface area contributed by atoms with Gasteiger partial charge in [0.05, 0.1) is 17.3 Å². The molecule has 3 aliphatic heterocycles. The highest BCUT2D eigenvalue weighted by Gasteiger charge is 2.63. The number of alkyl halides is 2. The Labute approximate surface area is 336 Å². The number of carbonyl (C=O) groups is 5. The molecule has 14 nitrogen and oxygen atoms in total. The average molecular weight is 838 g/mol. The second-order valence-electron chi connectivity index (χ2n) is 17.7. The number of fused-ring (bicyclic) bond motifs is 3. The molecule has 5 aliphatic rings. The summed E-state index contributed by atoms with van der Waals surface area (Å²) in [7, 11) is -4.11. The van der Waals surface area contributed by atoms with Crippen LogP contribution in [-0.2, 0) is 35.7 Å². The van der Waals surface area contributed by atoms with Gasteiger partial charge in [0.1, 0.15) is 23.4 Å². The highest BCUT2D eigenvalue weighted by Crippen LogP contribution is 2.49. The molecule has 1 unspecified atom stereocenters. The average Bonchev–Trinajstić information content (AvgIpc) is 3.93. The molecule has 320 valence electrons. The van der Waals surface area contributed by atoms with E-state index in [1.807, 2.05) is 13.0 Å². The third kappa shape index (κ3) is 8.13. The minimum absolute atomic E-state index is 0.0307. The minimum atomic E-state index is -4.11. The van der Waals surface area contributed by atoms with E-state index in [2.05, 4.69) is 15.4 Å². The third-order valence-electron chi connectivity index (χ3n) is 13.2. The van der Waals surface area contributed by atoms with Gasteiger partial charge < -0.3 is 25.4 Å². The summed E-state index contributed by atoms with van der Waals surface area (Å²) in [6, 6.07) is 0.475. The summed E-state index contributed by atoms with van der Waals surface area (Å²) in [5.74, 6) is -8.56. The highest BCUT2D eigenvalue weighted by atomic mass is 32.2. The zero-order valence-corrected chi connectivity index (χ0v) is 34.5. The summed E-state index contributed by atoms with van der Waals surface area (Å²) in [5.41, 5.74) is -3.44. The van der Waals surface area contributed by atoms with Gasteiger partial charge in [-0.05, 0) is 89.2 Å². The van der Waals surface area contributed by atoms with Crippen LogP contribution in [0.1, 0.15) is 110 Å². The standard InChI is InChI=1S/C40H54F3N5O9S/c1-7-23-17-22(2)11-8-9-12-25-19-40(25,34(51)46-58(55,56)38(5)15-16-38)45-32(49)29-18-24(31-26-13-10-14-28(41)27(26)21-48(31)36(53)54)20-47(29)33(50)30(23)44-35(52)57-37(3,4)39(6,42)43/h9-10,12-14,22-25,29-31H,7-8,11,15-21H2,1-6H3,(H,44,52)(H,45,49)(H,46,51)(H,53,54)/b12-9-/t22-,23-,24-,25-,29+,30+,31?,40-/m1/s1. The van der Waals surface area contributed by atoms with Crippen molar-refractivity contribution in [1.29, 1.82) is 0 Å². The van der Waals surface area contributed by atoms with Crippen molar-refractivity contribution >= 4 is 39.9 Å². The number of sulfonamides is 1. The fourth-order valence-corrected chi connectivity index (χ4v) is 9.97. The molecule has 0 bridgehead atoms. The molecular formula is C40H54F3N5O9S. The van der Waals surface area contributed by atoms with E-state index in [0.29, 0.717) is 51.0 Å². The molecule has 0 aromatic heterocycles. The van der Waals surface area contributed by atoms with Crippen LogP contribution >= 0.6 is 0 Å². The number of nitrogens with one attached hydrogen (secondary N) is 3. The van der Waals surface area contributed by atoms with E-state index < -0.39 is 103 Å². The molecule has 1 aromatic carbocycles. The Kier molecular flexibility index (Phi) is 11.4. The lowest BCUT2D eigenvalue weighted by molar-refractivity contribution is -0.152. The molecule has 2 saturated carbocycles. The predicted molar refractivity (Wildman–Crippen MR) is 204 cm³/mol. The molecule has 1 saturated heterocycles. The fourth-order valence-electron chi connectivity index (χ4n) is 8.66. The largest absolute Gasteiger partial charge is 0.465 e. The number of ether oxygens (including phenoxy) is 1. The van der Waals surface area contributed by atoms with E-state index in [4.69, 9.17) is 4.74 Å². The van der Waals surface area contributed by atoms with Gasteiger partial charge in [-0.3, -0.25) is 24.0 Å². The van der Waals surface area contributed by atoms with Gasteiger partial charge in [0.2, 0.25) is 21.8 Å². The number of hydrogen-bond donors (Lipinski definition) is 4. The van der Waals surface area contributed by atoms with Gasteiger partial charge in [-0.15, -0.1) is 0 Å². The number of nitrogens with zero attached hydrogens (tertiary/aromatic N) is 2.